The largest absolute Gasteiger partial charge is 0.494 e. The number of likely N-dealkylation sites (N-methyl/N-ethyl adjacent to an activating group) is 2. The van der Waals surface area contributed by atoms with Crippen LogP contribution in [0.5, 0.6) is 5.88 Å². The molecule has 0 spiro atoms. The number of aromatic amines is 1. The minimum atomic E-state index is -3.56. The summed E-state index contributed by atoms with van der Waals surface area (Å²) in [6, 6.07) is 8.18. The maximum Gasteiger partial charge on any atom is 0.251 e. The van der Waals surface area contributed by atoms with E-state index in [2.05, 4.69) is 32.1 Å². The van der Waals surface area contributed by atoms with E-state index in [1.165, 1.54) is 12.3 Å². The number of nitrogens with one attached hydrogen (secondary N) is 2. The van der Waals surface area contributed by atoms with E-state index in [0.717, 1.165) is 32.7 Å². The van der Waals surface area contributed by atoms with Crippen molar-refractivity contribution in [3.8, 4) is 17.1 Å². The van der Waals surface area contributed by atoms with Gasteiger partial charge in [0.15, 0.2) is 15.7 Å². The van der Waals surface area contributed by atoms with E-state index in [1.54, 1.807) is 30.3 Å². The highest BCUT2D eigenvalue weighted by atomic mass is 35.5. The standard InChI is InChI=1S/C26H34N6O4S.ClH/c1-30(2)11-9-27-25(33)19-5-7-22-21(17-19)24(26(34)29-22)23-8-6-20(18-28-23)37(35,36)16-4-10-32-14-12-31(3)13-15-32;/h4-8,10,17-18,29,34H,9,11-16H2,1-3H3,(H,27,33);1H. The lowest BCUT2D eigenvalue weighted by atomic mass is 10.1. The molecule has 3 N–H and O–H groups in total. The first-order valence-electron chi connectivity index (χ1n) is 12.2. The Morgan fingerprint density at radius 2 is 1.92 bits per heavy atom. The number of hydrogen-bond acceptors (Lipinski definition) is 8. The number of sulfone groups is 1. The number of pyridine rings is 1. The summed E-state index contributed by atoms with van der Waals surface area (Å²) in [5.74, 6) is -0.432. The minimum absolute atomic E-state index is 0. The second-order valence-electron chi connectivity index (χ2n) is 9.55. The third-order valence-electron chi connectivity index (χ3n) is 6.41. The second-order valence-corrected chi connectivity index (χ2v) is 11.6. The molecule has 0 radical (unpaired) electrons. The van der Waals surface area contributed by atoms with Crippen molar-refractivity contribution >= 4 is 39.1 Å². The molecule has 0 unspecified atom stereocenters. The number of rotatable bonds is 9. The van der Waals surface area contributed by atoms with Crippen molar-refractivity contribution in [3.05, 3.63) is 54.4 Å². The molecule has 12 heteroatoms. The van der Waals surface area contributed by atoms with Gasteiger partial charge in [0.2, 0.25) is 0 Å². The molecule has 0 atom stereocenters. The smallest absolute Gasteiger partial charge is 0.251 e. The number of piperazine rings is 1. The number of fused-ring (bicyclic) bond motifs is 1. The molecular weight excluding hydrogens is 528 g/mol. The van der Waals surface area contributed by atoms with Crippen LogP contribution in [-0.4, -0.2) is 110 Å². The summed E-state index contributed by atoms with van der Waals surface area (Å²) in [7, 11) is 2.38. The highest BCUT2D eigenvalue weighted by Gasteiger charge is 2.19. The molecule has 0 aliphatic carbocycles. The minimum Gasteiger partial charge on any atom is -0.494 e. The number of hydrogen-bond donors (Lipinski definition) is 3. The Morgan fingerprint density at radius 1 is 1.18 bits per heavy atom. The number of benzene rings is 1. The van der Waals surface area contributed by atoms with Crippen LogP contribution in [0.15, 0.2) is 53.7 Å². The summed E-state index contributed by atoms with van der Waals surface area (Å²) >= 11 is 0. The number of carbonyl (C=O) groups excluding carboxylic acids is 1. The number of aromatic hydroxyl groups is 1. The summed E-state index contributed by atoms with van der Waals surface area (Å²) in [5.41, 5.74) is 1.92. The fourth-order valence-electron chi connectivity index (χ4n) is 4.17. The monoisotopic (exact) mass is 562 g/mol. The Labute approximate surface area is 229 Å². The van der Waals surface area contributed by atoms with Crippen molar-refractivity contribution in [2.45, 2.75) is 4.90 Å². The van der Waals surface area contributed by atoms with Crippen LogP contribution in [0.1, 0.15) is 10.4 Å². The van der Waals surface area contributed by atoms with Crippen molar-refractivity contribution in [1.82, 2.24) is 30.0 Å². The molecule has 2 aromatic heterocycles. The summed E-state index contributed by atoms with van der Waals surface area (Å²) in [6.07, 6.45) is 4.83. The first-order chi connectivity index (χ1) is 17.6. The van der Waals surface area contributed by atoms with Crippen LogP contribution < -0.4 is 5.32 Å². The van der Waals surface area contributed by atoms with Crippen LogP contribution in [0, 0.1) is 0 Å². The number of aromatic nitrogens is 2. The van der Waals surface area contributed by atoms with Gasteiger partial charge in [-0.3, -0.25) is 9.78 Å². The number of carbonyl (C=O) groups is 1. The molecule has 1 fully saturated rings. The van der Waals surface area contributed by atoms with Gasteiger partial charge < -0.3 is 30.1 Å². The SMILES string of the molecule is CN(C)CCNC(=O)c1ccc2[nH]c(O)c(-c3ccc(S(=O)(=O)CC=CN4CCN(C)CC4)cn3)c2c1.Cl. The predicted molar refractivity (Wildman–Crippen MR) is 152 cm³/mol. The van der Waals surface area contributed by atoms with Crippen molar-refractivity contribution in [1.29, 1.82) is 0 Å². The lowest BCUT2D eigenvalue weighted by Crippen LogP contribution is -2.41. The first kappa shape index (κ1) is 29.4. The number of halogens is 1. The van der Waals surface area contributed by atoms with Gasteiger partial charge in [-0.2, -0.15) is 0 Å². The second kappa shape index (κ2) is 12.6. The molecule has 1 aliphatic heterocycles. The molecule has 1 aromatic carbocycles. The van der Waals surface area contributed by atoms with Gasteiger partial charge in [-0.05, 0) is 57.7 Å². The van der Waals surface area contributed by atoms with Crippen LogP contribution in [0.25, 0.3) is 22.2 Å². The van der Waals surface area contributed by atoms with Crippen LogP contribution >= 0.6 is 12.4 Å². The molecule has 10 nitrogen and oxygen atoms in total. The van der Waals surface area contributed by atoms with Crippen LogP contribution in [0.2, 0.25) is 0 Å². The van der Waals surface area contributed by atoms with Gasteiger partial charge in [-0.1, -0.05) is 6.08 Å². The lowest BCUT2D eigenvalue weighted by molar-refractivity contribution is 0.0951. The van der Waals surface area contributed by atoms with Crippen LogP contribution in [0.3, 0.4) is 0 Å². The Balaban J connectivity index is 0.00000400. The molecule has 4 rings (SSSR count). The van der Waals surface area contributed by atoms with E-state index in [9.17, 15) is 18.3 Å². The van der Waals surface area contributed by atoms with Gasteiger partial charge in [0.25, 0.3) is 5.91 Å². The zero-order valence-corrected chi connectivity index (χ0v) is 23.5. The zero-order chi connectivity index (χ0) is 26.6. The molecule has 38 heavy (non-hydrogen) atoms. The zero-order valence-electron chi connectivity index (χ0n) is 21.8. The van der Waals surface area contributed by atoms with Gasteiger partial charge in [0.05, 0.1) is 21.9 Å². The number of amides is 1. The fourth-order valence-corrected chi connectivity index (χ4v) is 5.19. The summed E-state index contributed by atoms with van der Waals surface area (Å²) in [6.45, 7) is 4.87. The maximum atomic E-state index is 12.8. The molecule has 1 aliphatic rings. The van der Waals surface area contributed by atoms with Gasteiger partial charge in [0.1, 0.15) is 0 Å². The Hall–Kier alpha value is -3.12. The number of nitrogens with zero attached hydrogens (tertiary/aromatic N) is 4. The highest BCUT2D eigenvalue weighted by Crippen LogP contribution is 2.36. The molecule has 0 saturated carbocycles. The van der Waals surface area contributed by atoms with E-state index < -0.39 is 9.84 Å². The van der Waals surface area contributed by atoms with Gasteiger partial charge in [-0.25, -0.2) is 8.42 Å². The Morgan fingerprint density at radius 3 is 2.58 bits per heavy atom. The lowest BCUT2D eigenvalue weighted by Gasteiger charge is -2.31. The molecule has 3 heterocycles. The van der Waals surface area contributed by atoms with Crippen molar-refractivity contribution in [2.75, 3.05) is 66.2 Å². The highest BCUT2D eigenvalue weighted by molar-refractivity contribution is 7.91. The summed E-state index contributed by atoms with van der Waals surface area (Å²) in [4.78, 5) is 26.3. The van der Waals surface area contributed by atoms with E-state index in [4.69, 9.17) is 0 Å². The third kappa shape index (κ3) is 7.04. The average Bonchev–Trinajstić information content (AvgIpc) is 3.19. The van der Waals surface area contributed by atoms with Crippen molar-refractivity contribution in [3.63, 3.8) is 0 Å². The first-order valence-corrected chi connectivity index (χ1v) is 13.9. The Bertz CT molecular complexity index is 1380. The average molecular weight is 563 g/mol. The van der Waals surface area contributed by atoms with Crippen LogP contribution in [-0.2, 0) is 9.84 Å². The predicted octanol–water partition coefficient (Wildman–Crippen LogP) is 2.18. The molecular formula is C26H35ClN6O4S. The fraction of sp³-hybridized carbons (Fsp3) is 0.385. The normalized spacial score (nSPS) is 14.8. The van der Waals surface area contributed by atoms with E-state index >= 15 is 0 Å². The molecule has 1 saturated heterocycles. The molecule has 1 amide bonds. The van der Waals surface area contributed by atoms with Gasteiger partial charge >= 0.3 is 0 Å². The van der Waals surface area contributed by atoms with Crippen molar-refractivity contribution in [2.24, 2.45) is 0 Å². The number of H-pyrrole nitrogens is 1. The van der Waals surface area contributed by atoms with Crippen molar-refractivity contribution < 1.29 is 18.3 Å². The van der Waals surface area contributed by atoms with Gasteiger partial charge in [0, 0.05) is 61.9 Å². The molecule has 3 aromatic rings. The third-order valence-corrected chi connectivity index (χ3v) is 8.00. The quantitative estimate of drug-likeness (QED) is 0.363. The van der Waals surface area contributed by atoms with E-state index in [0.29, 0.717) is 34.3 Å². The van der Waals surface area contributed by atoms with Crippen LogP contribution in [0.4, 0.5) is 0 Å². The van der Waals surface area contributed by atoms with E-state index in [-0.39, 0.29) is 34.8 Å². The van der Waals surface area contributed by atoms with E-state index in [1.807, 2.05) is 25.2 Å². The topological polar surface area (TPSA) is 122 Å². The summed E-state index contributed by atoms with van der Waals surface area (Å²) in [5, 5.41) is 14.1. The molecule has 206 valence electrons. The maximum absolute atomic E-state index is 12.8. The molecule has 0 bridgehead atoms. The van der Waals surface area contributed by atoms with Gasteiger partial charge in [-0.15, -0.1) is 12.4 Å². The summed E-state index contributed by atoms with van der Waals surface area (Å²) < 4.78 is 25.7. The Kier molecular flexibility index (Phi) is 9.77.